The lowest BCUT2D eigenvalue weighted by molar-refractivity contribution is -0.0905. The Kier molecular flexibility index (Phi) is 5.49. The van der Waals surface area contributed by atoms with Crippen LogP contribution in [-0.4, -0.2) is 35.1 Å². The van der Waals surface area contributed by atoms with Crippen LogP contribution in [0.5, 0.6) is 0 Å². The van der Waals surface area contributed by atoms with Crippen molar-refractivity contribution < 1.29 is 14.9 Å². The number of aliphatic hydroxyl groups excluding tert-OH is 2. The first-order chi connectivity index (χ1) is 9.53. The van der Waals surface area contributed by atoms with Gasteiger partial charge in [0.1, 0.15) is 0 Å². The molecule has 1 aliphatic heterocycles. The summed E-state index contributed by atoms with van der Waals surface area (Å²) in [6, 6.07) is 0. The number of hydrogen-bond acceptors (Lipinski definition) is 3. The van der Waals surface area contributed by atoms with E-state index in [0.717, 1.165) is 19.3 Å². The van der Waals surface area contributed by atoms with E-state index < -0.39 is 0 Å². The number of ether oxygens (including phenoxy) is 1. The SMILES string of the molecule is CC(C)CC(CO)(CO)CC1CCC2(CCCCC2)O1. The van der Waals surface area contributed by atoms with Crippen LogP contribution in [0.2, 0.25) is 0 Å². The van der Waals surface area contributed by atoms with E-state index in [2.05, 4.69) is 13.8 Å². The maximum absolute atomic E-state index is 9.77. The van der Waals surface area contributed by atoms with Crippen LogP contribution in [0.25, 0.3) is 0 Å². The molecule has 1 heterocycles. The van der Waals surface area contributed by atoms with Gasteiger partial charge in [-0.25, -0.2) is 0 Å². The van der Waals surface area contributed by atoms with Crippen LogP contribution in [0.3, 0.4) is 0 Å². The van der Waals surface area contributed by atoms with Crippen molar-refractivity contribution >= 4 is 0 Å². The second-order valence-corrected chi connectivity index (χ2v) is 7.64. The Labute approximate surface area is 123 Å². The van der Waals surface area contributed by atoms with Crippen LogP contribution < -0.4 is 0 Å². The summed E-state index contributed by atoms with van der Waals surface area (Å²) < 4.78 is 6.41. The molecular formula is C17H32O3. The van der Waals surface area contributed by atoms with Crippen molar-refractivity contribution in [1.82, 2.24) is 0 Å². The minimum Gasteiger partial charge on any atom is -0.396 e. The molecule has 1 unspecified atom stereocenters. The predicted molar refractivity (Wildman–Crippen MR) is 80.6 cm³/mol. The van der Waals surface area contributed by atoms with Gasteiger partial charge in [-0.05, 0) is 44.4 Å². The Bertz CT molecular complexity index is 291. The Hall–Kier alpha value is -0.120. The molecule has 118 valence electrons. The molecule has 20 heavy (non-hydrogen) atoms. The molecule has 2 rings (SSSR count). The highest BCUT2D eigenvalue weighted by molar-refractivity contribution is 4.94. The van der Waals surface area contributed by atoms with Crippen LogP contribution in [0, 0.1) is 11.3 Å². The summed E-state index contributed by atoms with van der Waals surface area (Å²) in [6.45, 7) is 4.43. The van der Waals surface area contributed by atoms with Crippen LogP contribution in [0.1, 0.15) is 71.6 Å². The zero-order valence-electron chi connectivity index (χ0n) is 13.2. The monoisotopic (exact) mass is 284 g/mol. The molecule has 0 bridgehead atoms. The lowest BCUT2D eigenvalue weighted by Gasteiger charge is -2.37. The van der Waals surface area contributed by atoms with Gasteiger partial charge in [-0.3, -0.25) is 0 Å². The summed E-state index contributed by atoms with van der Waals surface area (Å²) in [5.74, 6) is 0.486. The van der Waals surface area contributed by atoms with Crippen molar-refractivity contribution in [3.05, 3.63) is 0 Å². The van der Waals surface area contributed by atoms with Crippen molar-refractivity contribution in [2.45, 2.75) is 83.3 Å². The molecule has 3 nitrogen and oxygen atoms in total. The highest BCUT2D eigenvalue weighted by Crippen LogP contribution is 2.45. The highest BCUT2D eigenvalue weighted by Gasteiger charge is 2.43. The second kappa shape index (κ2) is 6.76. The number of hydrogen-bond donors (Lipinski definition) is 2. The van der Waals surface area contributed by atoms with Gasteiger partial charge in [-0.1, -0.05) is 33.1 Å². The van der Waals surface area contributed by atoms with Gasteiger partial charge < -0.3 is 14.9 Å². The van der Waals surface area contributed by atoms with Gasteiger partial charge in [0, 0.05) is 5.41 Å². The fourth-order valence-electron chi connectivity index (χ4n) is 4.34. The van der Waals surface area contributed by atoms with Gasteiger partial charge in [0.2, 0.25) is 0 Å². The zero-order valence-corrected chi connectivity index (χ0v) is 13.2. The summed E-state index contributed by atoms with van der Waals surface area (Å²) in [6.07, 6.45) is 10.5. The van der Waals surface area contributed by atoms with Gasteiger partial charge in [0.15, 0.2) is 0 Å². The molecule has 0 aromatic carbocycles. The Balaban J connectivity index is 1.94. The highest BCUT2D eigenvalue weighted by atomic mass is 16.5. The molecule has 3 heteroatoms. The second-order valence-electron chi connectivity index (χ2n) is 7.64. The van der Waals surface area contributed by atoms with E-state index in [4.69, 9.17) is 4.74 Å². The van der Waals surface area contributed by atoms with Crippen LogP contribution >= 0.6 is 0 Å². The fourth-order valence-corrected chi connectivity index (χ4v) is 4.34. The van der Waals surface area contributed by atoms with Gasteiger partial charge in [-0.15, -0.1) is 0 Å². The maximum Gasteiger partial charge on any atom is 0.0687 e. The van der Waals surface area contributed by atoms with Gasteiger partial charge >= 0.3 is 0 Å². The Morgan fingerprint density at radius 1 is 1.10 bits per heavy atom. The van der Waals surface area contributed by atoms with Gasteiger partial charge in [0.25, 0.3) is 0 Å². The molecule has 2 aliphatic rings. The first kappa shape index (κ1) is 16.3. The van der Waals surface area contributed by atoms with E-state index in [1.807, 2.05) is 0 Å². The van der Waals surface area contributed by atoms with E-state index in [0.29, 0.717) is 5.92 Å². The molecule has 1 saturated heterocycles. The summed E-state index contributed by atoms with van der Waals surface area (Å²) in [5, 5.41) is 19.5. The van der Waals surface area contributed by atoms with E-state index in [1.54, 1.807) is 0 Å². The van der Waals surface area contributed by atoms with Gasteiger partial charge in [-0.2, -0.15) is 0 Å². The Morgan fingerprint density at radius 2 is 1.75 bits per heavy atom. The van der Waals surface area contributed by atoms with E-state index >= 15 is 0 Å². The third kappa shape index (κ3) is 3.75. The molecule has 1 saturated carbocycles. The molecular weight excluding hydrogens is 252 g/mol. The topological polar surface area (TPSA) is 49.7 Å². The van der Waals surface area contributed by atoms with Crippen molar-refractivity contribution in [3.63, 3.8) is 0 Å². The van der Waals surface area contributed by atoms with Crippen molar-refractivity contribution in [1.29, 1.82) is 0 Å². The third-order valence-electron chi connectivity index (χ3n) is 5.28. The molecule has 0 aromatic heterocycles. The van der Waals surface area contributed by atoms with Gasteiger partial charge in [0.05, 0.1) is 24.9 Å². The molecule has 0 aromatic rings. The first-order valence-electron chi connectivity index (χ1n) is 8.43. The van der Waals surface area contributed by atoms with Crippen molar-refractivity contribution in [2.24, 2.45) is 11.3 Å². The summed E-state index contributed by atoms with van der Waals surface area (Å²) >= 11 is 0. The zero-order chi connectivity index (χ0) is 14.6. The number of rotatable bonds is 6. The van der Waals surface area contributed by atoms with Crippen LogP contribution in [-0.2, 0) is 4.74 Å². The van der Waals surface area contributed by atoms with Crippen LogP contribution in [0.15, 0.2) is 0 Å². The maximum atomic E-state index is 9.77. The summed E-state index contributed by atoms with van der Waals surface area (Å²) in [7, 11) is 0. The Morgan fingerprint density at radius 3 is 2.30 bits per heavy atom. The normalized spacial score (nSPS) is 26.6. The van der Waals surface area contributed by atoms with E-state index in [9.17, 15) is 10.2 Å². The molecule has 1 aliphatic carbocycles. The largest absolute Gasteiger partial charge is 0.396 e. The molecule has 2 fully saturated rings. The summed E-state index contributed by atoms with van der Waals surface area (Å²) in [4.78, 5) is 0. The molecule has 1 spiro atoms. The van der Waals surface area contributed by atoms with E-state index in [-0.39, 0.29) is 30.3 Å². The smallest absolute Gasteiger partial charge is 0.0687 e. The lowest BCUT2D eigenvalue weighted by atomic mass is 9.76. The van der Waals surface area contributed by atoms with Crippen molar-refractivity contribution in [2.75, 3.05) is 13.2 Å². The molecule has 2 N–H and O–H groups in total. The quantitative estimate of drug-likeness (QED) is 0.787. The molecule has 1 atom stereocenters. The van der Waals surface area contributed by atoms with Crippen LogP contribution in [0.4, 0.5) is 0 Å². The standard InChI is InChI=1S/C17H32O3/c1-14(2)10-16(12-18,13-19)11-15-6-9-17(20-15)7-4-3-5-8-17/h14-15,18-19H,3-13H2,1-2H3. The van der Waals surface area contributed by atoms with Crippen molar-refractivity contribution in [3.8, 4) is 0 Å². The minimum absolute atomic E-state index is 0.0640. The molecule has 0 radical (unpaired) electrons. The first-order valence-corrected chi connectivity index (χ1v) is 8.43. The number of aliphatic hydroxyl groups is 2. The molecule has 0 amide bonds. The fraction of sp³-hybridized carbons (Fsp3) is 1.00. The average molecular weight is 284 g/mol. The third-order valence-corrected chi connectivity index (χ3v) is 5.28. The predicted octanol–water partition coefficient (Wildman–Crippen LogP) is 3.28. The average Bonchev–Trinajstić information content (AvgIpc) is 2.80. The lowest BCUT2D eigenvalue weighted by Crippen LogP contribution is -2.37. The summed E-state index contributed by atoms with van der Waals surface area (Å²) in [5.41, 5.74) is -0.226. The minimum atomic E-state index is -0.362. The van der Waals surface area contributed by atoms with E-state index in [1.165, 1.54) is 38.5 Å².